The summed E-state index contributed by atoms with van der Waals surface area (Å²) in [4.78, 5) is 18.2. The van der Waals surface area contributed by atoms with Gasteiger partial charge < -0.3 is 4.90 Å². The lowest BCUT2D eigenvalue weighted by molar-refractivity contribution is 0.103. The molecule has 0 aliphatic heterocycles. The van der Waals surface area contributed by atoms with Gasteiger partial charge in [-0.05, 0) is 40.2 Å². The first kappa shape index (κ1) is 13.7. The molecule has 2 aromatic rings. The Labute approximate surface area is 119 Å². The minimum absolute atomic E-state index is 0.0295. The van der Waals surface area contributed by atoms with E-state index < -0.39 is 5.82 Å². The second-order valence-electron chi connectivity index (χ2n) is 4.23. The number of aromatic nitrogens is 1. The van der Waals surface area contributed by atoms with E-state index in [-0.39, 0.29) is 11.3 Å². The fourth-order valence-corrected chi connectivity index (χ4v) is 2.17. The lowest BCUT2D eigenvalue weighted by atomic mass is 10.0. The Balaban J connectivity index is 2.39. The molecular weight excluding hydrogens is 311 g/mol. The molecule has 0 amide bonds. The molecule has 0 aliphatic rings. The molecule has 98 valence electrons. The van der Waals surface area contributed by atoms with Crippen LogP contribution in [-0.2, 0) is 0 Å². The van der Waals surface area contributed by atoms with Crippen molar-refractivity contribution in [1.82, 2.24) is 4.98 Å². The summed E-state index contributed by atoms with van der Waals surface area (Å²) in [6.45, 7) is 0. The van der Waals surface area contributed by atoms with Crippen LogP contribution in [0.2, 0.25) is 0 Å². The average molecular weight is 323 g/mol. The van der Waals surface area contributed by atoms with Gasteiger partial charge in [0.25, 0.3) is 0 Å². The summed E-state index contributed by atoms with van der Waals surface area (Å²) in [5.74, 6) is -0.192. The molecule has 0 aliphatic carbocycles. The van der Waals surface area contributed by atoms with Gasteiger partial charge in [0.05, 0.1) is 5.56 Å². The number of ketones is 1. The van der Waals surface area contributed by atoms with E-state index in [0.717, 1.165) is 5.82 Å². The molecule has 1 aromatic heterocycles. The van der Waals surface area contributed by atoms with Crippen molar-refractivity contribution in [1.29, 1.82) is 0 Å². The van der Waals surface area contributed by atoms with Crippen LogP contribution >= 0.6 is 15.9 Å². The second-order valence-corrected chi connectivity index (χ2v) is 5.08. The molecule has 2 rings (SSSR count). The minimum Gasteiger partial charge on any atom is -0.363 e. The SMILES string of the molecule is CN(C)c1ccc(C(=O)c2c(F)cccc2Br)cn1. The molecule has 1 aromatic carbocycles. The standard InChI is InChI=1S/C14H12BrFN2O/c1-18(2)12-7-6-9(8-17-12)14(19)13-10(15)4-3-5-11(13)16/h3-8H,1-2H3. The Morgan fingerprint density at radius 3 is 2.53 bits per heavy atom. The van der Waals surface area contributed by atoms with Crippen LogP contribution in [0.1, 0.15) is 15.9 Å². The molecule has 0 N–H and O–H groups in total. The van der Waals surface area contributed by atoms with E-state index in [4.69, 9.17) is 0 Å². The highest BCUT2D eigenvalue weighted by Crippen LogP contribution is 2.23. The lowest BCUT2D eigenvalue weighted by Crippen LogP contribution is -2.11. The zero-order chi connectivity index (χ0) is 14.0. The van der Waals surface area contributed by atoms with Crippen LogP contribution in [-0.4, -0.2) is 24.9 Å². The third kappa shape index (κ3) is 2.81. The molecule has 0 saturated heterocycles. The van der Waals surface area contributed by atoms with Crippen molar-refractivity contribution in [3.8, 4) is 0 Å². The first-order valence-corrected chi connectivity index (χ1v) is 6.42. The predicted octanol–water partition coefficient (Wildman–Crippen LogP) is 3.28. The molecule has 3 nitrogen and oxygen atoms in total. The summed E-state index contributed by atoms with van der Waals surface area (Å²) in [5, 5.41) is 0. The Morgan fingerprint density at radius 1 is 1.26 bits per heavy atom. The molecule has 0 saturated carbocycles. The molecule has 5 heteroatoms. The van der Waals surface area contributed by atoms with Crippen LogP contribution in [0.4, 0.5) is 10.2 Å². The number of nitrogens with zero attached hydrogens (tertiary/aromatic N) is 2. The summed E-state index contributed by atoms with van der Waals surface area (Å²) in [7, 11) is 3.72. The third-order valence-electron chi connectivity index (χ3n) is 2.66. The van der Waals surface area contributed by atoms with Gasteiger partial charge in [0, 0.05) is 30.3 Å². The topological polar surface area (TPSA) is 33.2 Å². The van der Waals surface area contributed by atoms with Crippen LogP contribution in [0, 0.1) is 5.82 Å². The Hall–Kier alpha value is -1.75. The maximum Gasteiger partial charge on any atom is 0.198 e. The van der Waals surface area contributed by atoms with Crippen LogP contribution in [0.5, 0.6) is 0 Å². The van der Waals surface area contributed by atoms with Crippen molar-refractivity contribution in [2.45, 2.75) is 0 Å². The number of benzene rings is 1. The van der Waals surface area contributed by atoms with Gasteiger partial charge in [-0.15, -0.1) is 0 Å². The lowest BCUT2D eigenvalue weighted by Gasteiger charge is -2.11. The molecule has 19 heavy (non-hydrogen) atoms. The van der Waals surface area contributed by atoms with E-state index >= 15 is 0 Å². The van der Waals surface area contributed by atoms with Crippen molar-refractivity contribution < 1.29 is 9.18 Å². The quantitative estimate of drug-likeness (QED) is 0.813. The maximum atomic E-state index is 13.7. The molecule has 0 unspecified atom stereocenters. The molecular formula is C14H12BrFN2O. The van der Waals surface area contributed by atoms with Crippen LogP contribution in [0.15, 0.2) is 41.0 Å². The minimum atomic E-state index is -0.545. The Morgan fingerprint density at radius 2 is 2.00 bits per heavy atom. The van der Waals surface area contributed by atoms with Crippen molar-refractivity contribution in [3.05, 3.63) is 57.9 Å². The summed E-state index contributed by atoms with van der Waals surface area (Å²) in [5.41, 5.74) is 0.387. The summed E-state index contributed by atoms with van der Waals surface area (Å²) in [6.07, 6.45) is 1.45. The highest BCUT2D eigenvalue weighted by molar-refractivity contribution is 9.10. The molecule has 1 heterocycles. The number of carbonyl (C=O) groups excluding carboxylic acids is 1. The first-order valence-electron chi connectivity index (χ1n) is 5.63. The number of hydrogen-bond acceptors (Lipinski definition) is 3. The molecule has 0 fully saturated rings. The number of anilines is 1. The van der Waals surface area contributed by atoms with E-state index in [0.29, 0.717) is 10.0 Å². The molecule has 0 radical (unpaired) electrons. The van der Waals surface area contributed by atoms with Gasteiger partial charge in [-0.2, -0.15) is 0 Å². The fraction of sp³-hybridized carbons (Fsp3) is 0.143. The predicted molar refractivity (Wildman–Crippen MR) is 76.1 cm³/mol. The van der Waals surface area contributed by atoms with E-state index in [1.54, 1.807) is 24.3 Å². The third-order valence-corrected chi connectivity index (χ3v) is 3.32. The van der Waals surface area contributed by atoms with E-state index in [2.05, 4.69) is 20.9 Å². The van der Waals surface area contributed by atoms with E-state index in [1.807, 2.05) is 19.0 Å². The number of rotatable bonds is 3. The highest BCUT2D eigenvalue weighted by Gasteiger charge is 2.17. The largest absolute Gasteiger partial charge is 0.363 e. The summed E-state index contributed by atoms with van der Waals surface area (Å²) in [6, 6.07) is 7.81. The van der Waals surface area contributed by atoms with Gasteiger partial charge in [-0.25, -0.2) is 9.37 Å². The zero-order valence-corrected chi connectivity index (χ0v) is 12.1. The van der Waals surface area contributed by atoms with Gasteiger partial charge in [0.15, 0.2) is 5.78 Å². The van der Waals surface area contributed by atoms with Gasteiger partial charge >= 0.3 is 0 Å². The van der Waals surface area contributed by atoms with Crippen molar-refractivity contribution in [2.75, 3.05) is 19.0 Å². The van der Waals surface area contributed by atoms with Gasteiger partial charge in [-0.3, -0.25) is 4.79 Å². The van der Waals surface area contributed by atoms with E-state index in [1.165, 1.54) is 12.3 Å². The summed E-state index contributed by atoms with van der Waals surface area (Å²) >= 11 is 3.19. The first-order chi connectivity index (χ1) is 9.00. The molecule has 0 bridgehead atoms. The van der Waals surface area contributed by atoms with Gasteiger partial charge in [-0.1, -0.05) is 6.07 Å². The second kappa shape index (κ2) is 5.48. The van der Waals surface area contributed by atoms with Crippen molar-refractivity contribution >= 4 is 27.5 Å². The Bertz CT molecular complexity index is 591. The smallest absolute Gasteiger partial charge is 0.198 e. The fourth-order valence-electron chi connectivity index (χ4n) is 1.64. The zero-order valence-electron chi connectivity index (χ0n) is 10.5. The highest BCUT2D eigenvalue weighted by atomic mass is 79.9. The van der Waals surface area contributed by atoms with Gasteiger partial charge in [0.1, 0.15) is 11.6 Å². The molecule has 0 spiro atoms. The van der Waals surface area contributed by atoms with Crippen LogP contribution in [0.25, 0.3) is 0 Å². The Kier molecular flexibility index (Phi) is 3.95. The normalized spacial score (nSPS) is 10.3. The number of hydrogen-bond donors (Lipinski definition) is 0. The monoisotopic (exact) mass is 322 g/mol. The number of carbonyl (C=O) groups is 1. The van der Waals surface area contributed by atoms with Gasteiger partial charge in [0.2, 0.25) is 0 Å². The molecule has 0 atom stereocenters. The number of halogens is 2. The van der Waals surface area contributed by atoms with Crippen LogP contribution in [0.3, 0.4) is 0 Å². The average Bonchev–Trinajstić information content (AvgIpc) is 2.38. The van der Waals surface area contributed by atoms with Crippen molar-refractivity contribution in [2.24, 2.45) is 0 Å². The van der Waals surface area contributed by atoms with Crippen LogP contribution < -0.4 is 4.90 Å². The van der Waals surface area contributed by atoms with E-state index in [9.17, 15) is 9.18 Å². The maximum absolute atomic E-state index is 13.7. The number of pyridine rings is 1. The summed E-state index contributed by atoms with van der Waals surface area (Å²) < 4.78 is 14.2. The van der Waals surface area contributed by atoms with Crippen molar-refractivity contribution in [3.63, 3.8) is 0 Å².